The third kappa shape index (κ3) is 4.12. The molecule has 0 fully saturated rings. The molecule has 6 heteroatoms. The van der Waals surface area contributed by atoms with Crippen LogP contribution in [0.2, 0.25) is 0 Å². The van der Waals surface area contributed by atoms with Crippen molar-refractivity contribution < 1.29 is 4.79 Å². The summed E-state index contributed by atoms with van der Waals surface area (Å²) in [5, 5.41) is 0. The highest BCUT2D eigenvalue weighted by Gasteiger charge is 2.18. The maximum atomic E-state index is 13.0. The number of ketones is 1. The first-order chi connectivity index (χ1) is 15.9. The Morgan fingerprint density at radius 1 is 0.939 bits per heavy atom. The average Bonchev–Trinajstić information content (AvgIpc) is 3.42. The van der Waals surface area contributed by atoms with E-state index in [1.165, 1.54) is 0 Å². The van der Waals surface area contributed by atoms with Crippen LogP contribution >= 0.6 is 0 Å². The lowest BCUT2D eigenvalue weighted by molar-refractivity contribution is 0.0993. The fourth-order valence-corrected chi connectivity index (χ4v) is 4.13. The molecular weight excluding hydrogens is 410 g/mol. The SMILES string of the molecule is CN(C)c1ccc(C2=Nc3cc(C(=O)Cc4ccc5nc(N(C)C)[nH]c5c4)ccc3C2)cc1. The van der Waals surface area contributed by atoms with Gasteiger partial charge in [-0.2, -0.15) is 0 Å². The molecule has 166 valence electrons. The number of fused-ring (bicyclic) bond motifs is 2. The maximum Gasteiger partial charge on any atom is 0.203 e. The van der Waals surface area contributed by atoms with Gasteiger partial charge in [-0.25, -0.2) is 4.98 Å². The number of hydrogen-bond acceptors (Lipinski definition) is 5. The van der Waals surface area contributed by atoms with Gasteiger partial charge in [0, 0.05) is 52.3 Å². The highest BCUT2D eigenvalue weighted by atomic mass is 16.1. The normalized spacial score (nSPS) is 12.5. The van der Waals surface area contributed by atoms with Crippen LogP contribution in [-0.4, -0.2) is 49.7 Å². The van der Waals surface area contributed by atoms with Crippen molar-refractivity contribution in [1.29, 1.82) is 0 Å². The van der Waals surface area contributed by atoms with Crippen LogP contribution in [0, 0.1) is 0 Å². The molecular formula is C27H27N5O. The molecule has 0 unspecified atom stereocenters. The van der Waals surface area contributed by atoms with Gasteiger partial charge in [-0.1, -0.05) is 30.3 Å². The molecule has 1 N–H and O–H groups in total. The second-order valence-corrected chi connectivity index (χ2v) is 8.93. The van der Waals surface area contributed by atoms with Crippen molar-refractivity contribution in [3.05, 3.63) is 82.9 Å². The van der Waals surface area contributed by atoms with Crippen LogP contribution in [0.3, 0.4) is 0 Å². The van der Waals surface area contributed by atoms with Crippen molar-refractivity contribution in [1.82, 2.24) is 9.97 Å². The number of aromatic amines is 1. The van der Waals surface area contributed by atoms with E-state index in [9.17, 15) is 4.79 Å². The third-order valence-electron chi connectivity index (χ3n) is 6.06. The molecule has 5 rings (SSSR count). The number of hydrogen-bond donors (Lipinski definition) is 1. The van der Waals surface area contributed by atoms with Crippen LogP contribution < -0.4 is 9.80 Å². The summed E-state index contributed by atoms with van der Waals surface area (Å²) in [6.07, 6.45) is 1.13. The summed E-state index contributed by atoms with van der Waals surface area (Å²) in [4.78, 5) is 29.7. The van der Waals surface area contributed by atoms with Gasteiger partial charge in [0.25, 0.3) is 0 Å². The molecule has 0 aliphatic carbocycles. The number of nitrogens with one attached hydrogen (secondary N) is 1. The molecule has 0 atom stereocenters. The van der Waals surface area contributed by atoms with Crippen LogP contribution in [0.25, 0.3) is 11.0 Å². The minimum atomic E-state index is 0.0866. The fourth-order valence-electron chi connectivity index (χ4n) is 4.13. The van der Waals surface area contributed by atoms with Crippen molar-refractivity contribution in [2.45, 2.75) is 12.8 Å². The summed E-state index contributed by atoms with van der Waals surface area (Å²) in [7, 11) is 7.96. The zero-order chi connectivity index (χ0) is 23.1. The van der Waals surface area contributed by atoms with Gasteiger partial charge in [0.05, 0.1) is 22.4 Å². The summed E-state index contributed by atoms with van der Waals surface area (Å²) >= 11 is 0. The first-order valence-electron chi connectivity index (χ1n) is 11.0. The van der Waals surface area contributed by atoms with Crippen molar-refractivity contribution in [3.63, 3.8) is 0 Å². The number of carbonyl (C=O) groups is 1. The predicted molar refractivity (Wildman–Crippen MR) is 136 cm³/mol. The van der Waals surface area contributed by atoms with Gasteiger partial charge in [0.2, 0.25) is 5.95 Å². The molecule has 0 spiro atoms. The second-order valence-electron chi connectivity index (χ2n) is 8.93. The van der Waals surface area contributed by atoms with Gasteiger partial charge in [-0.3, -0.25) is 9.79 Å². The fraction of sp³-hybridized carbons (Fsp3) is 0.222. The number of rotatable bonds is 6. The Balaban J connectivity index is 1.34. The van der Waals surface area contributed by atoms with E-state index in [1.54, 1.807) is 0 Å². The van der Waals surface area contributed by atoms with Crippen molar-refractivity contribution in [2.24, 2.45) is 4.99 Å². The van der Waals surface area contributed by atoms with E-state index >= 15 is 0 Å². The second kappa shape index (κ2) is 8.20. The molecule has 6 nitrogen and oxygen atoms in total. The number of benzene rings is 3. The summed E-state index contributed by atoms with van der Waals surface area (Å²) in [6, 6.07) is 20.3. The monoisotopic (exact) mass is 437 g/mol. The molecule has 33 heavy (non-hydrogen) atoms. The lowest BCUT2D eigenvalue weighted by Crippen LogP contribution is -2.09. The number of carbonyl (C=O) groups excluding carboxylic acids is 1. The molecule has 0 saturated heterocycles. The van der Waals surface area contributed by atoms with Gasteiger partial charge < -0.3 is 14.8 Å². The van der Waals surface area contributed by atoms with Gasteiger partial charge in [0.15, 0.2) is 5.78 Å². The van der Waals surface area contributed by atoms with Gasteiger partial charge in [-0.15, -0.1) is 0 Å². The molecule has 0 radical (unpaired) electrons. The first-order valence-corrected chi connectivity index (χ1v) is 11.0. The van der Waals surface area contributed by atoms with E-state index in [0.717, 1.165) is 57.2 Å². The first kappa shape index (κ1) is 20.9. The molecule has 4 aromatic rings. The molecule has 0 bridgehead atoms. The zero-order valence-electron chi connectivity index (χ0n) is 19.4. The number of nitrogens with zero attached hydrogens (tertiary/aromatic N) is 4. The Bertz CT molecular complexity index is 1380. The zero-order valence-corrected chi connectivity index (χ0v) is 19.4. The number of H-pyrrole nitrogens is 1. The molecule has 3 aromatic carbocycles. The lowest BCUT2D eigenvalue weighted by atomic mass is 9.99. The predicted octanol–water partition coefficient (Wildman–Crippen LogP) is 4.80. The van der Waals surface area contributed by atoms with Gasteiger partial charge in [0.1, 0.15) is 0 Å². The Morgan fingerprint density at radius 3 is 2.45 bits per heavy atom. The number of anilines is 2. The average molecular weight is 438 g/mol. The summed E-state index contributed by atoms with van der Waals surface area (Å²) in [5.41, 5.74) is 8.87. The van der Waals surface area contributed by atoms with Gasteiger partial charge in [-0.05, 0) is 47.0 Å². The minimum absolute atomic E-state index is 0.0866. The van der Waals surface area contributed by atoms with Crippen molar-refractivity contribution >= 4 is 39.9 Å². The number of imidazole rings is 1. The van der Waals surface area contributed by atoms with E-state index in [1.807, 2.05) is 69.5 Å². The molecule has 2 heterocycles. The molecule has 1 aliphatic heterocycles. The molecule has 1 aromatic heterocycles. The Hall–Kier alpha value is -3.93. The molecule has 1 aliphatic rings. The molecule has 0 amide bonds. The summed E-state index contributed by atoms with van der Waals surface area (Å²) < 4.78 is 0. The quantitative estimate of drug-likeness (QED) is 0.440. The topological polar surface area (TPSA) is 64.6 Å². The Labute approximate surface area is 193 Å². The highest BCUT2D eigenvalue weighted by Crippen LogP contribution is 2.31. The number of Topliss-reactive ketones (excluding diaryl/α,β-unsaturated/α-hetero) is 1. The lowest BCUT2D eigenvalue weighted by Gasteiger charge is -2.12. The van der Waals surface area contributed by atoms with E-state index in [-0.39, 0.29) is 5.78 Å². The van der Waals surface area contributed by atoms with Gasteiger partial charge >= 0.3 is 0 Å². The van der Waals surface area contributed by atoms with Crippen molar-refractivity contribution in [3.8, 4) is 0 Å². The number of aromatic nitrogens is 2. The van der Waals surface area contributed by atoms with Crippen LogP contribution in [0.5, 0.6) is 0 Å². The van der Waals surface area contributed by atoms with Crippen molar-refractivity contribution in [2.75, 3.05) is 38.0 Å². The van der Waals surface area contributed by atoms with Crippen LogP contribution in [-0.2, 0) is 12.8 Å². The Morgan fingerprint density at radius 2 is 1.73 bits per heavy atom. The van der Waals surface area contributed by atoms with Crippen LogP contribution in [0.15, 0.2) is 65.7 Å². The highest BCUT2D eigenvalue weighted by molar-refractivity contribution is 6.07. The van der Waals surface area contributed by atoms with E-state index in [0.29, 0.717) is 12.0 Å². The van der Waals surface area contributed by atoms with E-state index in [2.05, 4.69) is 39.1 Å². The summed E-state index contributed by atoms with van der Waals surface area (Å²) in [6.45, 7) is 0. The number of aliphatic imine (C=N–C) groups is 1. The summed E-state index contributed by atoms with van der Waals surface area (Å²) in [5.74, 6) is 0.889. The minimum Gasteiger partial charge on any atom is -0.378 e. The largest absolute Gasteiger partial charge is 0.378 e. The molecule has 0 saturated carbocycles. The third-order valence-corrected chi connectivity index (χ3v) is 6.06. The van der Waals surface area contributed by atoms with E-state index in [4.69, 9.17) is 4.99 Å². The Kier molecular flexibility index (Phi) is 5.21. The van der Waals surface area contributed by atoms with E-state index < -0.39 is 0 Å². The van der Waals surface area contributed by atoms with Crippen LogP contribution in [0.1, 0.15) is 27.0 Å². The maximum absolute atomic E-state index is 13.0. The smallest absolute Gasteiger partial charge is 0.203 e. The standard InChI is InChI=1S/C27H27N5O/c1-31(2)21-10-8-18(9-11-21)23-15-19-6-7-20(16-24(19)28-23)26(33)14-17-5-12-22-25(13-17)30-27(29-22)32(3)4/h5-13,16H,14-15H2,1-4H3,(H,29,30). The van der Waals surface area contributed by atoms with Crippen LogP contribution in [0.4, 0.5) is 17.3 Å².